The lowest BCUT2D eigenvalue weighted by Gasteiger charge is -2.34. The summed E-state index contributed by atoms with van der Waals surface area (Å²) < 4.78 is 7.37. The summed E-state index contributed by atoms with van der Waals surface area (Å²) >= 11 is 0. The Hall–Kier alpha value is -4.43. The van der Waals surface area contributed by atoms with Crippen LogP contribution < -0.4 is 10.6 Å². The molecule has 3 amide bonds. The van der Waals surface area contributed by atoms with Gasteiger partial charge in [0.1, 0.15) is 5.82 Å². The Kier molecular flexibility index (Phi) is 9.49. The third-order valence-electron chi connectivity index (χ3n) is 8.26. The van der Waals surface area contributed by atoms with Gasteiger partial charge in [0.05, 0.1) is 11.4 Å². The van der Waals surface area contributed by atoms with Crippen molar-refractivity contribution in [1.29, 1.82) is 0 Å². The average molecular weight is 594 g/mol. The highest BCUT2D eigenvalue weighted by Crippen LogP contribution is 2.29. The zero-order valence-corrected chi connectivity index (χ0v) is 26.3. The van der Waals surface area contributed by atoms with Gasteiger partial charge in [-0.15, -0.1) is 0 Å². The van der Waals surface area contributed by atoms with Gasteiger partial charge in [0, 0.05) is 37.4 Å². The third-order valence-corrected chi connectivity index (χ3v) is 8.26. The number of carbonyl (C=O) groups excluding carboxylic acids is 2. The number of ether oxygens (including phenoxy) is 1. The number of likely N-dealkylation sites (tertiary alicyclic amines) is 1. The number of amides is 3. The summed E-state index contributed by atoms with van der Waals surface area (Å²) in [7, 11) is 1.59. The lowest BCUT2D eigenvalue weighted by molar-refractivity contribution is -0.143. The van der Waals surface area contributed by atoms with Crippen LogP contribution in [0.4, 0.5) is 16.3 Å². The number of hydrogen-bond acceptors (Lipinski definition) is 4. The smallest absolute Gasteiger partial charge is 0.324 e. The number of hydrogen-bond donors (Lipinski definition) is 2. The van der Waals surface area contributed by atoms with Crippen molar-refractivity contribution in [1.82, 2.24) is 14.7 Å². The van der Waals surface area contributed by atoms with Crippen molar-refractivity contribution >= 4 is 23.4 Å². The van der Waals surface area contributed by atoms with Crippen LogP contribution in [-0.4, -0.2) is 46.8 Å². The molecule has 0 spiro atoms. The van der Waals surface area contributed by atoms with Crippen LogP contribution in [0.15, 0.2) is 84.9 Å². The summed E-state index contributed by atoms with van der Waals surface area (Å²) in [5.41, 5.74) is 5.48. The van der Waals surface area contributed by atoms with Crippen LogP contribution in [0, 0.1) is 12.8 Å². The first-order valence-corrected chi connectivity index (χ1v) is 15.3. The van der Waals surface area contributed by atoms with Crippen molar-refractivity contribution in [3.05, 3.63) is 107 Å². The Labute approximate surface area is 260 Å². The summed E-state index contributed by atoms with van der Waals surface area (Å²) in [4.78, 5) is 28.5. The second-order valence-corrected chi connectivity index (χ2v) is 12.6. The zero-order chi connectivity index (χ0) is 31.3. The molecule has 1 aliphatic heterocycles. The maximum Gasteiger partial charge on any atom is 0.324 e. The van der Waals surface area contributed by atoms with Crippen molar-refractivity contribution in [2.75, 3.05) is 30.8 Å². The largest absolute Gasteiger partial charge is 0.367 e. The maximum absolute atomic E-state index is 13.3. The number of urea groups is 1. The highest BCUT2D eigenvalue weighted by atomic mass is 16.5. The molecule has 0 bridgehead atoms. The molecule has 1 saturated heterocycles. The number of nitrogens with one attached hydrogen (secondary N) is 2. The number of piperidine rings is 1. The number of anilines is 2. The lowest BCUT2D eigenvalue weighted by atomic mass is 9.89. The van der Waals surface area contributed by atoms with Gasteiger partial charge in [0.15, 0.2) is 6.10 Å². The summed E-state index contributed by atoms with van der Waals surface area (Å²) in [6.07, 6.45) is 2.02. The highest BCUT2D eigenvalue weighted by Gasteiger charge is 2.30. The predicted octanol–water partition coefficient (Wildman–Crippen LogP) is 7.29. The molecule has 230 valence electrons. The van der Waals surface area contributed by atoms with Gasteiger partial charge in [-0.2, -0.15) is 5.10 Å². The second kappa shape index (κ2) is 13.5. The lowest BCUT2D eigenvalue weighted by Crippen LogP contribution is -2.42. The Bertz CT molecular complexity index is 1570. The van der Waals surface area contributed by atoms with Crippen LogP contribution in [0.3, 0.4) is 0 Å². The molecule has 1 atom stereocenters. The van der Waals surface area contributed by atoms with Crippen molar-refractivity contribution in [2.24, 2.45) is 5.92 Å². The number of para-hydroxylation sites is 1. The second-order valence-electron chi connectivity index (χ2n) is 12.6. The van der Waals surface area contributed by atoms with Gasteiger partial charge in [-0.05, 0) is 61.4 Å². The van der Waals surface area contributed by atoms with E-state index in [2.05, 4.69) is 37.5 Å². The molecule has 1 aliphatic rings. The topological polar surface area (TPSA) is 88.5 Å². The first kappa shape index (κ1) is 31.0. The minimum atomic E-state index is -0.585. The van der Waals surface area contributed by atoms with Crippen LogP contribution >= 0.6 is 0 Å². The highest BCUT2D eigenvalue weighted by molar-refractivity contribution is 6.00. The Morgan fingerprint density at radius 1 is 0.932 bits per heavy atom. The first-order valence-electron chi connectivity index (χ1n) is 15.3. The zero-order valence-electron chi connectivity index (χ0n) is 26.3. The minimum Gasteiger partial charge on any atom is -0.367 e. The van der Waals surface area contributed by atoms with Gasteiger partial charge >= 0.3 is 6.03 Å². The van der Waals surface area contributed by atoms with E-state index in [1.54, 1.807) is 11.8 Å². The number of benzene rings is 3. The van der Waals surface area contributed by atoms with Crippen LogP contribution in [0.2, 0.25) is 0 Å². The van der Waals surface area contributed by atoms with Crippen molar-refractivity contribution in [3.63, 3.8) is 0 Å². The number of nitrogens with zero attached hydrogens (tertiary/aromatic N) is 3. The third kappa shape index (κ3) is 7.37. The molecule has 0 saturated carbocycles. The summed E-state index contributed by atoms with van der Waals surface area (Å²) in [6.45, 7) is 9.73. The van der Waals surface area contributed by atoms with Crippen molar-refractivity contribution in [3.8, 4) is 5.69 Å². The molecule has 3 aromatic carbocycles. The van der Waals surface area contributed by atoms with E-state index in [0.29, 0.717) is 24.8 Å². The molecule has 4 aromatic rings. The SMILES string of the molecule is CO[C@@H](C(=O)N1CCC(Cc2ccccc2NC(=O)Nc2cc(C(C)(C)C)nn2-c2ccc(C)cc2)CC1)c1ccccc1. The van der Waals surface area contributed by atoms with E-state index in [1.165, 1.54) is 0 Å². The fourth-order valence-electron chi connectivity index (χ4n) is 5.65. The summed E-state index contributed by atoms with van der Waals surface area (Å²) in [5, 5.41) is 10.9. The van der Waals surface area contributed by atoms with Crippen LogP contribution in [0.1, 0.15) is 62.1 Å². The van der Waals surface area contributed by atoms with Crippen LogP contribution in [-0.2, 0) is 21.4 Å². The van der Waals surface area contributed by atoms with Crippen LogP contribution in [0.25, 0.3) is 5.69 Å². The van der Waals surface area contributed by atoms with Crippen molar-refractivity contribution < 1.29 is 14.3 Å². The molecular formula is C36H43N5O3. The molecular weight excluding hydrogens is 550 g/mol. The van der Waals surface area contributed by atoms with E-state index >= 15 is 0 Å². The number of rotatable bonds is 8. The molecule has 8 heteroatoms. The molecule has 44 heavy (non-hydrogen) atoms. The summed E-state index contributed by atoms with van der Waals surface area (Å²) in [5.74, 6) is 1.02. The predicted molar refractivity (Wildman–Crippen MR) is 175 cm³/mol. The van der Waals surface area contributed by atoms with E-state index in [4.69, 9.17) is 9.84 Å². The Morgan fingerprint density at radius 3 is 2.25 bits per heavy atom. The Morgan fingerprint density at radius 2 is 1.59 bits per heavy atom. The van der Waals surface area contributed by atoms with Crippen LogP contribution in [0.5, 0.6) is 0 Å². The van der Waals surface area contributed by atoms with Gasteiger partial charge < -0.3 is 15.0 Å². The molecule has 5 rings (SSSR count). The maximum atomic E-state index is 13.3. The molecule has 8 nitrogen and oxygen atoms in total. The molecule has 0 unspecified atom stereocenters. The molecule has 0 aliphatic carbocycles. The van der Waals surface area contributed by atoms with Crippen molar-refractivity contribution in [2.45, 2.75) is 58.5 Å². The standard InChI is InChI=1S/C36H43N5O3/c1-25-15-17-29(18-16-25)41-32(24-31(39-41)36(2,3)4)38-35(43)37-30-14-10-9-13-28(30)23-26-19-21-40(22-20-26)34(42)33(44-5)27-11-7-6-8-12-27/h6-18,24,26,33H,19-23H2,1-5H3,(H2,37,38,43)/t33-/m1/s1. The fourth-order valence-corrected chi connectivity index (χ4v) is 5.65. The minimum absolute atomic E-state index is 0.00961. The molecule has 2 heterocycles. The van der Waals surface area contributed by atoms with Gasteiger partial charge in [-0.25, -0.2) is 9.48 Å². The quantitative estimate of drug-likeness (QED) is 0.225. The number of methoxy groups -OCH3 is 1. The Balaban J connectivity index is 1.23. The molecule has 1 aromatic heterocycles. The fraction of sp³-hybridized carbons (Fsp3) is 0.361. The molecule has 0 radical (unpaired) electrons. The molecule has 2 N–H and O–H groups in total. The van der Waals surface area contributed by atoms with Gasteiger partial charge in [0.2, 0.25) is 0 Å². The monoisotopic (exact) mass is 593 g/mol. The van der Waals surface area contributed by atoms with Gasteiger partial charge in [-0.1, -0.05) is 87.0 Å². The number of carbonyl (C=O) groups is 2. The van der Waals surface area contributed by atoms with Gasteiger partial charge in [-0.3, -0.25) is 10.1 Å². The first-order chi connectivity index (χ1) is 21.1. The normalized spacial score (nSPS) is 14.7. The number of aromatic nitrogens is 2. The van der Waals surface area contributed by atoms with E-state index in [1.807, 2.05) is 90.7 Å². The average Bonchev–Trinajstić information content (AvgIpc) is 3.44. The summed E-state index contributed by atoms with van der Waals surface area (Å²) in [6, 6.07) is 27.3. The van der Waals surface area contributed by atoms with E-state index in [0.717, 1.165) is 53.0 Å². The number of aryl methyl sites for hydroxylation is 1. The van der Waals surface area contributed by atoms with E-state index in [-0.39, 0.29) is 17.4 Å². The van der Waals surface area contributed by atoms with E-state index in [9.17, 15) is 9.59 Å². The van der Waals surface area contributed by atoms with Gasteiger partial charge in [0.25, 0.3) is 5.91 Å². The van der Waals surface area contributed by atoms with E-state index < -0.39 is 6.10 Å². The molecule has 1 fully saturated rings.